The van der Waals surface area contributed by atoms with E-state index in [1.807, 2.05) is 12.1 Å². The number of hydrogen-bond donors (Lipinski definition) is 2. The molecule has 0 radical (unpaired) electrons. The second kappa shape index (κ2) is 11.5. The molecule has 1 saturated heterocycles. The number of aromatic nitrogens is 2. The highest BCUT2D eigenvalue weighted by molar-refractivity contribution is 5.94. The van der Waals surface area contributed by atoms with Crippen LogP contribution in [0.2, 0.25) is 0 Å². The number of amides is 1. The monoisotopic (exact) mass is 550 g/mol. The maximum Gasteiger partial charge on any atom is 0.416 e. The number of rotatable bonds is 8. The largest absolute Gasteiger partial charge is 0.493 e. The number of halogens is 3. The number of nitrogens with zero attached hydrogens (tertiary/aromatic N) is 2. The van der Waals surface area contributed by atoms with Crippen molar-refractivity contribution >= 4 is 16.8 Å². The number of carbonyl (C=O) groups excluding carboxylic acids is 1. The zero-order valence-electron chi connectivity index (χ0n) is 21.9. The van der Waals surface area contributed by atoms with Crippen LogP contribution >= 0.6 is 0 Å². The predicted molar refractivity (Wildman–Crippen MR) is 145 cm³/mol. The first-order valence-corrected chi connectivity index (χ1v) is 13.0. The summed E-state index contributed by atoms with van der Waals surface area (Å²) in [6.45, 7) is 2.54. The van der Waals surface area contributed by atoms with Gasteiger partial charge in [0.25, 0.3) is 0 Å². The smallest absolute Gasteiger partial charge is 0.416 e. The average molecular weight is 551 g/mol. The Morgan fingerprint density at radius 1 is 1.05 bits per heavy atom. The summed E-state index contributed by atoms with van der Waals surface area (Å²) < 4.78 is 50.7. The minimum absolute atomic E-state index is 0.377. The van der Waals surface area contributed by atoms with E-state index >= 15 is 0 Å². The summed E-state index contributed by atoms with van der Waals surface area (Å²) in [4.78, 5) is 21.2. The van der Waals surface area contributed by atoms with Crippen molar-refractivity contribution in [3.63, 3.8) is 0 Å². The van der Waals surface area contributed by atoms with Crippen LogP contribution in [0.25, 0.3) is 22.2 Å². The van der Waals surface area contributed by atoms with Crippen molar-refractivity contribution < 1.29 is 27.4 Å². The van der Waals surface area contributed by atoms with Crippen molar-refractivity contribution in [3.05, 3.63) is 83.7 Å². The highest BCUT2D eigenvalue weighted by Gasteiger charge is 2.31. The van der Waals surface area contributed by atoms with Crippen molar-refractivity contribution in [2.45, 2.75) is 24.9 Å². The Hall–Kier alpha value is -4.18. The average Bonchev–Trinajstić information content (AvgIpc) is 2.96. The number of nitrogens with two attached hydrogens (primary N) is 1. The number of piperidine rings is 1. The van der Waals surface area contributed by atoms with Gasteiger partial charge in [-0.15, -0.1) is 0 Å². The van der Waals surface area contributed by atoms with Crippen LogP contribution in [0.4, 0.5) is 13.2 Å². The Morgan fingerprint density at radius 3 is 2.35 bits per heavy atom. The van der Waals surface area contributed by atoms with E-state index in [1.165, 1.54) is 18.5 Å². The molecule has 0 aliphatic carbocycles. The molecule has 7 nitrogen and oxygen atoms in total. The third-order valence-electron chi connectivity index (χ3n) is 7.17. The zero-order valence-corrected chi connectivity index (χ0v) is 21.9. The van der Waals surface area contributed by atoms with Gasteiger partial charge in [-0.1, -0.05) is 36.4 Å². The topological polar surface area (TPSA) is 99.4 Å². The number of fused-ring (bicyclic) bond motifs is 1. The molecule has 5 rings (SSSR count). The van der Waals surface area contributed by atoms with Crippen LogP contribution in [0.5, 0.6) is 11.5 Å². The summed E-state index contributed by atoms with van der Waals surface area (Å²) in [5, 5.41) is 4.15. The molecule has 2 heterocycles. The number of methoxy groups -OCH3 is 1. The molecule has 208 valence electrons. The van der Waals surface area contributed by atoms with Crippen LogP contribution in [0.3, 0.4) is 0 Å². The molecule has 4 aromatic rings. The van der Waals surface area contributed by atoms with Gasteiger partial charge in [-0.3, -0.25) is 4.79 Å². The Labute approximate surface area is 229 Å². The fraction of sp³-hybridized carbons (Fsp3) is 0.300. The fourth-order valence-electron chi connectivity index (χ4n) is 5.06. The van der Waals surface area contributed by atoms with Gasteiger partial charge in [0, 0.05) is 29.5 Å². The van der Waals surface area contributed by atoms with Crippen molar-refractivity contribution in [2.75, 3.05) is 26.8 Å². The van der Waals surface area contributed by atoms with Gasteiger partial charge in [0.05, 0.1) is 36.4 Å². The second-order valence-electron chi connectivity index (χ2n) is 9.84. The SMILES string of the molecule is COc1cc2c(-c3ccc(C(C(N)=O)c4ccc(C(F)(F)F)cc4)cc3)ncnc2cc1OCC1CCCNC1. The Kier molecular flexibility index (Phi) is 7.88. The second-order valence-corrected chi connectivity index (χ2v) is 9.84. The van der Waals surface area contributed by atoms with E-state index in [4.69, 9.17) is 15.2 Å². The van der Waals surface area contributed by atoms with Crippen molar-refractivity contribution in [1.82, 2.24) is 15.3 Å². The standard InChI is InChI=1S/C30H29F3N4O3/c1-39-25-13-23-24(14-26(25)40-16-18-3-2-12-35-15-18)36-17-37-28(23)21-6-4-19(5-7-21)27(29(34)38)20-8-10-22(11-9-20)30(31,32)33/h4-11,13-14,17-18,27,35H,2-3,12,15-16H2,1H3,(H2,34,38). The molecule has 10 heteroatoms. The van der Waals surface area contributed by atoms with Gasteiger partial charge in [-0.2, -0.15) is 13.2 Å². The number of alkyl halides is 3. The van der Waals surface area contributed by atoms with Crippen molar-refractivity contribution in [2.24, 2.45) is 11.7 Å². The van der Waals surface area contributed by atoms with Crippen LogP contribution < -0.4 is 20.5 Å². The van der Waals surface area contributed by atoms with E-state index < -0.39 is 23.6 Å². The minimum Gasteiger partial charge on any atom is -0.493 e. The number of hydrogen-bond acceptors (Lipinski definition) is 6. The van der Waals surface area contributed by atoms with Gasteiger partial charge in [-0.25, -0.2) is 9.97 Å². The summed E-state index contributed by atoms with van der Waals surface area (Å²) in [6.07, 6.45) is -0.754. The predicted octanol–water partition coefficient (Wildman–Crippen LogP) is 5.32. The summed E-state index contributed by atoms with van der Waals surface area (Å²) in [6, 6.07) is 15.2. The van der Waals surface area contributed by atoms with Gasteiger partial charge in [0.2, 0.25) is 5.91 Å². The molecular weight excluding hydrogens is 521 g/mol. The molecule has 1 aromatic heterocycles. The maximum atomic E-state index is 13.0. The van der Waals surface area contributed by atoms with Gasteiger partial charge in [-0.05, 0) is 48.7 Å². The fourth-order valence-corrected chi connectivity index (χ4v) is 5.06. The number of ether oxygens (including phenoxy) is 2. The Bertz CT molecular complexity index is 1490. The number of benzene rings is 3. The number of nitrogens with one attached hydrogen (secondary N) is 1. The van der Waals surface area contributed by atoms with E-state index in [9.17, 15) is 18.0 Å². The molecule has 2 unspecified atom stereocenters. The first-order valence-electron chi connectivity index (χ1n) is 13.0. The third-order valence-corrected chi connectivity index (χ3v) is 7.17. The van der Waals surface area contributed by atoms with Crippen LogP contribution in [0, 0.1) is 5.92 Å². The Morgan fingerprint density at radius 2 is 1.75 bits per heavy atom. The molecule has 0 bridgehead atoms. The molecule has 1 fully saturated rings. The number of carbonyl (C=O) groups is 1. The van der Waals surface area contributed by atoms with Crippen LogP contribution in [0.15, 0.2) is 67.0 Å². The van der Waals surface area contributed by atoms with Gasteiger partial charge in [0.1, 0.15) is 6.33 Å². The maximum absolute atomic E-state index is 13.0. The number of primary amides is 1. The van der Waals surface area contributed by atoms with Crippen LogP contribution in [0.1, 0.15) is 35.4 Å². The highest BCUT2D eigenvalue weighted by atomic mass is 19.4. The van der Waals surface area contributed by atoms with E-state index in [-0.39, 0.29) is 0 Å². The van der Waals surface area contributed by atoms with Crippen LogP contribution in [-0.2, 0) is 11.0 Å². The summed E-state index contributed by atoms with van der Waals surface area (Å²) in [5.41, 5.74) is 7.90. The lowest BCUT2D eigenvalue weighted by atomic mass is 9.89. The van der Waals surface area contributed by atoms with Gasteiger partial charge >= 0.3 is 6.18 Å². The zero-order chi connectivity index (χ0) is 28.3. The van der Waals surface area contributed by atoms with Gasteiger partial charge < -0.3 is 20.5 Å². The van der Waals surface area contributed by atoms with E-state index in [1.54, 1.807) is 31.4 Å². The summed E-state index contributed by atoms with van der Waals surface area (Å²) in [7, 11) is 1.58. The van der Waals surface area contributed by atoms with Gasteiger partial charge in [0.15, 0.2) is 11.5 Å². The molecule has 1 amide bonds. The first kappa shape index (κ1) is 27.4. The van der Waals surface area contributed by atoms with E-state index in [2.05, 4.69) is 15.3 Å². The summed E-state index contributed by atoms with van der Waals surface area (Å²) >= 11 is 0. The molecule has 3 aromatic carbocycles. The molecule has 40 heavy (non-hydrogen) atoms. The van der Waals surface area contributed by atoms with Crippen molar-refractivity contribution in [1.29, 1.82) is 0 Å². The summed E-state index contributed by atoms with van der Waals surface area (Å²) in [5.74, 6) is 0.0424. The third kappa shape index (κ3) is 5.86. The lowest BCUT2D eigenvalue weighted by Gasteiger charge is -2.23. The van der Waals surface area contributed by atoms with Crippen LogP contribution in [-0.4, -0.2) is 42.7 Å². The molecule has 1 aliphatic heterocycles. The molecule has 0 saturated carbocycles. The first-order chi connectivity index (χ1) is 19.2. The minimum atomic E-state index is -4.47. The Balaban J connectivity index is 1.42. The lowest BCUT2D eigenvalue weighted by Crippen LogP contribution is -2.33. The van der Waals surface area contributed by atoms with E-state index in [0.29, 0.717) is 46.4 Å². The molecular formula is C30H29F3N4O3. The lowest BCUT2D eigenvalue weighted by molar-refractivity contribution is -0.137. The normalized spacial score (nSPS) is 16.4. The quantitative estimate of drug-likeness (QED) is 0.308. The van der Waals surface area contributed by atoms with E-state index in [0.717, 1.165) is 49.0 Å². The van der Waals surface area contributed by atoms with Crippen molar-refractivity contribution in [3.8, 4) is 22.8 Å². The molecule has 2 atom stereocenters. The molecule has 1 aliphatic rings. The highest BCUT2D eigenvalue weighted by Crippen LogP contribution is 2.37. The molecule has 3 N–H and O–H groups in total. The molecule has 0 spiro atoms.